The van der Waals surface area contributed by atoms with Crippen molar-refractivity contribution in [3.05, 3.63) is 35.9 Å². The Balaban J connectivity index is 2.07. The predicted octanol–water partition coefficient (Wildman–Crippen LogP) is 1.32. The largest absolute Gasteiger partial charge is 0.266 e. The van der Waals surface area contributed by atoms with E-state index in [9.17, 15) is 12.8 Å². The third-order valence-corrected chi connectivity index (χ3v) is 5.06. The van der Waals surface area contributed by atoms with Crippen LogP contribution in [0.3, 0.4) is 0 Å². The molecule has 0 unspecified atom stereocenters. The maximum Gasteiger partial charge on any atom is 0.266 e. The van der Waals surface area contributed by atoms with Gasteiger partial charge >= 0.3 is 0 Å². The van der Waals surface area contributed by atoms with Gasteiger partial charge in [-0.3, -0.25) is 0 Å². The number of benzene rings is 1. The Labute approximate surface area is 115 Å². The molecule has 0 aliphatic carbocycles. The highest BCUT2D eigenvalue weighted by atomic mass is 32.2. The van der Waals surface area contributed by atoms with Gasteiger partial charge in [0.05, 0.1) is 4.90 Å². The zero-order chi connectivity index (χ0) is 14.3. The average molecular weight is 296 g/mol. The van der Waals surface area contributed by atoms with E-state index in [1.54, 1.807) is 6.92 Å². The maximum absolute atomic E-state index is 13.6. The van der Waals surface area contributed by atoms with E-state index in [1.807, 2.05) is 0 Å². The first-order chi connectivity index (χ1) is 9.50. The van der Waals surface area contributed by atoms with Gasteiger partial charge in [0.2, 0.25) is 5.95 Å². The minimum absolute atomic E-state index is 0.0722. The van der Waals surface area contributed by atoms with E-state index in [4.69, 9.17) is 0 Å². The Kier molecular flexibility index (Phi) is 2.97. The fourth-order valence-corrected chi connectivity index (χ4v) is 3.63. The number of anilines is 1. The molecule has 1 aromatic carbocycles. The zero-order valence-electron chi connectivity index (χ0n) is 10.8. The topological polar surface area (TPSA) is 68.1 Å². The third kappa shape index (κ3) is 1.96. The lowest BCUT2D eigenvalue weighted by atomic mass is 10.2. The summed E-state index contributed by atoms with van der Waals surface area (Å²) in [5.41, 5.74) is 0.408. The summed E-state index contributed by atoms with van der Waals surface area (Å²) in [6, 6.07) is 3.90. The highest BCUT2D eigenvalue weighted by molar-refractivity contribution is 7.92. The van der Waals surface area contributed by atoms with Gasteiger partial charge in [-0.25, -0.2) is 21.8 Å². The van der Waals surface area contributed by atoms with Crippen molar-refractivity contribution in [2.75, 3.05) is 10.8 Å². The third-order valence-electron chi connectivity index (χ3n) is 3.28. The maximum atomic E-state index is 13.6. The second kappa shape index (κ2) is 4.55. The molecular formula is C12H13FN4O2S. The van der Waals surface area contributed by atoms with Crippen LogP contribution in [0.25, 0.3) is 0 Å². The molecule has 0 fully saturated rings. The lowest BCUT2D eigenvalue weighted by molar-refractivity contribution is 0.529. The second-order valence-electron chi connectivity index (χ2n) is 4.62. The van der Waals surface area contributed by atoms with E-state index in [0.717, 1.165) is 6.07 Å². The summed E-state index contributed by atoms with van der Waals surface area (Å²) >= 11 is 0. The molecule has 106 valence electrons. The van der Waals surface area contributed by atoms with Crippen LogP contribution >= 0.6 is 0 Å². The first-order valence-corrected chi connectivity index (χ1v) is 7.61. The van der Waals surface area contributed by atoms with Crippen LogP contribution in [0.1, 0.15) is 12.0 Å². The van der Waals surface area contributed by atoms with Crippen LogP contribution in [-0.4, -0.2) is 29.7 Å². The van der Waals surface area contributed by atoms with Crippen LogP contribution in [0.2, 0.25) is 0 Å². The summed E-state index contributed by atoms with van der Waals surface area (Å²) in [6.45, 7) is 2.53. The number of aryl methyl sites for hydroxylation is 2. The molecule has 2 heterocycles. The van der Waals surface area contributed by atoms with Gasteiger partial charge in [-0.15, -0.1) is 0 Å². The van der Waals surface area contributed by atoms with Gasteiger partial charge in [-0.2, -0.15) is 10.1 Å². The number of sulfonamides is 1. The van der Waals surface area contributed by atoms with Crippen molar-refractivity contribution >= 4 is 16.0 Å². The van der Waals surface area contributed by atoms with Crippen LogP contribution in [-0.2, 0) is 16.6 Å². The molecule has 0 radical (unpaired) electrons. The molecule has 0 bridgehead atoms. The van der Waals surface area contributed by atoms with Gasteiger partial charge in [0.15, 0.2) is 0 Å². The average Bonchev–Trinajstić information content (AvgIpc) is 2.89. The minimum atomic E-state index is -3.81. The molecular weight excluding hydrogens is 283 g/mol. The number of halogens is 1. The summed E-state index contributed by atoms with van der Waals surface area (Å²) in [7, 11) is -3.81. The van der Waals surface area contributed by atoms with E-state index in [1.165, 1.54) is 27.4 Å². The van der Waals surface area contributed by atoms with Gasteiger partial charge in [0, 0.05) is 13.1 Å². The summed E-state index contributed by atoms with van der Waals surface area (Å²) in [5.74, 6) is -0.262. The van der Waals surface area contributed by atoms with Crippen molar-refractivity contribution in [1.29, 1.82) is 0 Å². The van der Waals surface area contributed by atoms with E-state index < -0.39 is 15.8 Å². The zero-order valence-corrected chi connectivity index (χ0v) is 11.6. The van der Waals surface area contributed by atoms with Crippen LogP contribution in [0.4, 0.5) is 10.3 Å². The molecule has 1 aliphatic heterocycles. The molecule has 0 amide bonds. The number of rotatable bonds is 2. The molecule has 1 aliphatic rings. The van der Waals surface area contributed by atoms with Gasteiger partial charge in [-0.1, -0.05) is 6.07 Å². The second-order valence-corrected chi connectivity index (χ2v) is 6.49. The lowest BCUT2D eigenvalue weighted by Gasteiger charge is -2.27. The number of aromatic nitrogens is 3. The Bertz CT molecular complexity index is 757. The molecule has 20 heavy (non-hydrogen) atoms. The molecule has 0 N–H and O–H groups in total. The van der Waals surface area contributed by atoms with Crippen molar-refractivity contribution in [2.45, 2.75) is 24.8 Å². The number of fused-ring (bicyclic) bond motifs is 1. The summed E-state index contributed by atoms with van der Waals surface area (Å²) < 4.78 is 41.5. The smallest absolute Gasteiger partial charge is 0.234 e. The molecule has 0 saturated heterocycles. The highest BCUT2D eigenvalue weighted by Gasteiger charge is 2.31. The van der Waals surface area contributed by atoms with Gasteiger partial charge < -0.3 is 0 Å². The Morgan fingerprint density at radius 2 is 2.10 bits per heavy atom. The van der Waals surface area contributed by atoms with Gasteiger partial charge in [0.1, 0.15) is 12.1 Å². The van der Waals surface area contributed by atoms with E-state index in [-0.39, 0.29) is 10.8 Å². The minimum Gasteiger partial charge on any atom is -0.234 e. The molecule has 2 aromatic rings. The van der Waals surface area contributed by atoms with Crippen LogP contribution in [0.15, 0.2) is 29.4 Å². The fraction of sp³-hybridized carbons (Fsp3) is 0.333. The predicted molar refractivity (Wildman–Crippen MR) is 70.3 cm³/mol. The van der Waals surface area contributed by atoms with Crippen molar-refractivity contribution < 1.29 is 12.8 Å². The summed E-state index contributed by atoms with van der Waals surface area (Å²) in [6.07, 6.45) is 1.96. The van der Waals surface area contributed by atoms with Crippen molar-refractivity contribution in [3.8, 4) is 0 Å². The van der Waals surface area contributed by atoms with Gasteiger partial charge in [0.25, 0.3) is 10.0 Å². The van der Waals surface area contributed by atoms with E-state index in [0.29, 0.717) is 25.1 Å². The molecule has 0 spiro atoms. The standard InChI is InChI=1S/C12H13FN4O2S/c1-9-3-4-10(7-11(9)13)20(18,19)17-6-2-5-16-12(17)14-8-15-16/h3-4,7-8H,2,5-6H2,1H3. The molecule has 6 nitrogen and oxygen atoms in total. The Morgan fingerprint density at radius 1 is 1.30 bits per heavy atom. The molecule has 8 heteroatoms. The number of hydrogen-bond donors (Lipinski definition) is 0. The monoisotopic (exact) mass is 296 g/mol. The number of hydrogen-bond acceptors (Lipinski definition) is 4. The lowest BCUT2D eigenvalue weighted by Crippen LogP contribution is -2.38. The Morgan fingerprint density at radius 3 is 2.85 bits per heavy atom. The first kappa shape index (κ1) is 13.0. The highest BCUT2D eigenvalue weighted by Crippen LogP contribution is 2.26. The van der Waals surface area contributed by atoms with E-state index in [2.05, 4.69) is 10.1 Å². The molecule has 1 aromatic heterocycles. The number of nitrogens with zero attached hydrogens (tertiary/aromatic N) is 4. The molecule has 3 rings (SSSR count). The molecule has 0 saturated carbocycles. The van der Waals surface area contributed by atoms with E-state index >= 15 is 0 Å². The quantitative estimate of drug-likeness (QED) is 0.838. The van der Waals surface area contributed by atoms with Crippen molar-refractivity contribution in [2.24, 2.45) is 0 Å². The van der Waals surface area contributed by atoms with Crippen molar-refractivity contribution in [3.63, 3.8) is 0 Å². The van der Waals surface area contributed by atoms with Crippen LogP contribution in [0.5, 0.6) is 0 Å². The first-order valence-electron chi connectivity index (χ1n) is 6.17. The summed E-state index contributed by atoms with van der Waals surface area (Å²) in [4.78, 5) is 3.90. The SMILES string of the molecule is Cc1ccc(S(=O)(=O)N2CCCn3ncnc32)cc1F. The van der Waals surface area contributed by atoms with Gasteiger partial charge in [-0.05, 0) is 31.0 Å². The molecule has 0 atom stereocenters. The fourth-order valence-electron chi connectivity index (χ4n) is 2.16. The van der Waals surface area contributed by atoms with Crippen LogP contribution < -0.4 is 4.31 Å². The van der Waals surface area contributed by atoms with Crippen LogP contribution in [0, 0.1) is 12.7 Å². The Hall–Kier alpha value is -1.96. The summed E-state index contributed by atoms with van der Waals surface area (Å²) in [5, 5.41) is 3.97. The van der Waals surface area contributed by atoms with Crippen molar-refractivity contribution in [1.82, 2.24) is 14.8 Å². The normalized spacial score (nSPS) is 15.2.